The number of aliphatic hydroxyl groups is 1. The van der Waals surface area contributed by atoms with Gasteiger partial charge in [0.15, 0.2) is 6.10 Å². The Hall–Kier alpha value is -1.76. The monoisotopic (exact) mass is 316 g/mol. The zero-order valence-corrected chi connectivity index (χ0v) is 12.2. The molecule has 0 saturated carbocycles. The molecule has 22 heavy (non-hydrogen) atoms. The number of piperidine rings is 1. The molecule has 1 aliphatic heterocycles. The third kappa shape index (κ3) is 4.13. The summed E-state index contributed by atoms with van der Waals surface area (Å²) in [6.07, 6.45) is -6.63. The molecule has 4 nitrogen and oxygen atoms in total. The lowest BCUT2D eigenvalue weighted by Gasteiger charge is -2.34. The van der Waals surface area contributed by atoms with E-state index in [2.05, 4.69) is 5.32 Å². The fraction of sp³-hybridized carbons (Fsp3) is 0.533. The van der Waals surface area contributed by atoms with E-state index in [4.69, 9.17) is 0 Å². The van der Waals surface area contributed by atoms with Crippen LogP contribution >= 0.6 is 0 Å². The highest BCUT2D eigenvalue weighted by Gasteiger charge is 2.44. The SMILES string of the molecule is Cc1cccc(NC(=O)N2CCC(C(O)C(F)(F)F)CC2)c1. The van der Waals surface area contributed by atoms with E-state index in [1.54, 1.807) is 6.07 Å². The van der Waals surface area contributed by atoms with Gasteiger partial charge in [0.25, 0.3) is 0 Å². The number of likely N-dealkylation sites (tertiary alicyclic amines) is 1. The van der Waals surface area contributed by atoms with Crippen molar-refractivity contribution in [3.8, 4) is 0 Å². The molecule has 1 aromatic carbocycles. The number of urea groups is 1. The van der Waals surface area contributed by atoms with Crippen molar-refractivity contribution in [2.75, 3.05) is 18.4 Å². The Balaban J connectivity index is 1.87. The molecule has 1 heterocycles. The Kier molecular flexibility index (Phi) is 4.95. The molecule has 1 fully saturated rings. The predicted molar refractivity (Wildman–Crippen MR) is 76.6 cm³/mol. The molecule has 1 unspecified atom stereocenters. The molecule has 2 N–H and O–H groups in total. The summed E-state index contributed by atoms with van der Waals surface area (Å²) in [5.41, 5.74) is 1.66. The van der Waals surface area contributed by atoms with Crippen molar-refractivity contribution in [3.63, 3.8) is 0 Å². The standard InChI is InChI=1S/C15H19F3N2O2/c1-10-3-2-4-12(9-10)19-14(22)20-7-5-11(6-8-20)13(21)15(16,17)18/h2-4,9,11,13,21H,5-8H2,1H3,(H,19,22). The van der Waals surface area contributed by atoms with Gasteiger partial charge in [-0.25, -0.2) is 4.79 Å². The van der Waals surface area contributed by atoms with Gasteiger partial charge < -0.3 is 15.3 Å². The van der Waals surface area contributed by atoms with Gasteiger partial charge in [-0.1, -0.05) is 12.1 Å². The molecule has 122 valence electrons. The van der Waals surface area contributed by atoms with E-state index in [1.807, 2.05) is 25.1 Å². The second-order valence-electron chi connectivity index (χ2n) is 5.61. The number of nitrogens with zero attached hydrogens (tertiary/aromatic N) is 1. The number of alkyl halides is 3. The number of aryl methyl sites for hydroxylation is 1. The fourth-order valence-corrected chi connectivity index (χ4v) is 2.61. The molecule has 1 atom stereocenters. The summed E-state index contributed by atoms with van der Waals surface area (Å²) in [5.74, 6) is -0.844. The molecular weight excluding hydrogens is 297 g/mol. The molecule has 2 amide bonds. The number of hydrogen-bond donors (Lipinski definition) is 2. The van der Waals surface area contributed by atoms with Crippen LogP contribution in [0.25, 0.3) is 0 Å². The Morgan fingerprint density at radius 3 is 2.55 bits per heavy atom. The quantitative estimate of drug-likeness (QED) is 0.880. The van der Waals surface area contributed by atoms with Crippen molar-refractivity contribution in [1.82, 2.24) is 4.90 Å². The van der Waals surface area contributed by atoms with Gasteiger partial charge in [-0.3, -0.25) is 0 Å². The van der Waals surface area contributed by atoms with Crippen LogP contribution in [0.3, 0.4) is 0 Å². The number of amides is 2. The normalized spacial score (nSPS) is 18.1. The van der Waals surface area contributed by atoms with Gasteiger partial charge in [-0.05, 0) is 43.4 Å². The van der Waals surface area contributed by atoms with E-state index >= 15 is 0 Å². The number of carbonyl (C=O) groups excluding carboxylic acids is 1. The van der Waals surface area contributed by atoms with Crippen molar-refractivity contribution >= 4 is 11.7 Å². The van der Waals surface area contributed by atoms with E-state index in [0.29, 0.717) is 5.69 Å². The van der Waals surface area contributed by atoms with Crippen LogP contribution in [-0.4, -0.2) is 41.4 Å². The van der Waals surface area contributed by atoms with Crippen LogP contribution < -0.4 is 5.32 Å². The summed E-state index contributed by atoms with van der Waals surface area (Å²) in [5, 5.41) is 12.0. The summed E-state index contributed by atoms with van der Waals surface area (Å²) in [4.78, 5) is 13.6. The van der Waals surface area contributed by atoms with Gasteiger partial charge in [-0.15, -0.1) is 0 Å². The first kappa shape index (κ1) is 16.6. The van der Waals surface area contributed by atoms with Gasteiger partial charge in [0.1, 0.15) is 0 Å². The maximum Gasteiger partial charge on any atom is 0.414 e. The van der Waals surface area contributed by atoms with Crippen LogP contribution in [0.15, 0.2) is 24.3 Å². The lowest BCUT2D eigenvalue weighted by molar-refractivity contribution is -0.222. The van der Waals surface area contributed by atoms with Crippen molar-refractivity contribution in [3.05, 3.63) is 29.8 Å². The minimum absolute atomic E-state index is 0.141. The highest BCUT2D eigenvalue weighted by atomic mass is 19.4. The van der Waals surface area contributed by atoms with Crippen LogP contribution in [0.5, 0.6) is 0 Å². The maximum absolute atomic E-state index is 12.5. The molecule has 0 aliphatic carbocycles. The van der Waals surface area contributed by atoms with Gasteiger partial charge in [0.2, 0.25) is 0 Å². The van der Waals surface area contributed by atoms with Crippen LogP contribution in [0.2, 0.25) is 0 Å². The number of rotatable bonds is 2. The number of aliphatic hydroxyl groups excluding tert-OH is 1. The van der Waals surface area contributed by atoms with Crippen molar-refractivity contribution < 1.29 is 23.1 Å². The van der Waals surface area contributed by atoms with Crippen LogP contribution in [-0.2, 0) is 0 Å². The van der Waals surface area contributed by atoms with Crippen molar-refractivity contribution in [1.29, 1.82) is 0 Å². The lowest BCUT2D eigenvalue weighted by atomic mass is 9.91. The Labute approximate surface area is 126 Å². The van der Waals surface area contributed by atoms with Crippen LogP contribution in [0.1, 0.15) is 18.4 Å². The second-order valence-corrected chi connectivity index (χ2v) is 5.61. The highest BCUT2D eigenvalue weighted by Crippen LogP contribution is 2.31. The molecule has 0 bridgehead atoms. The minimum Gasteiger partial charge on any atom is -0.383 e. The predicted octanol–water partition coefficient (Wildman–Crippen LogP) is 3.16. The number of hydrogen-bond acceptors (Lipinski definition) is 2. The molecule has 1 aliphatic rings. The van der Waals surface area contributed by atoms with E-state index in [9.17, 15) is 23.1 Å². The largest absolute Gasteiger partial charge is 0.414 e. The summed E-state index contributed by atoms with van der Waals surface area (Å²) in [7, 11) is 0. The highest BCUT2D eigenvalue weighted by molar-refractivity contribution is 5.89. The van der Waals surface area contributed by atoms with E-state index in [-0.39, 0.29) is 32.0 Å². The average molecular weight is 316 g/mol. The number of anilines is 1. The van der Waals surface area contributed by atoms with Gasteiger partial charge in [0, 0.05) is 18.8 Å². The van der Waals surface area contributed by atoms with Crippen LogP contribution in [0, 0.1) is 12.8 Å². The number of halogens is 3. The Morgan fingerprint density at radius 2 is 2.00 bits per heavy atom. The summed E-state index contributed by atoms with van der Waals surface area (Å²) >= 11 is 0. The third-order valence-electron chi connectivity index (χ3n) is 3.88. The Bertz CT molecular complexity index is 526. The fourth-order valence-electron chi connectivity index (χ4n) is 2.61. The van der Waals surface area contributed by atoms with E-state index < -0.39 is 18.2 Å². The van der Waals surface area contributed by atoms with Gasteiger partial charge in [0.05, 0.1) is 0 Å². The molecule has 0 aromatic heterocycles. The second kappa shape index (κ2) is 6.56. The maximum atomic E-state index is 12.5. The lowest BCUT2D eigenvalue weighted by Crippen LogP contribution is -2.46. The molecule has 0 radical (unpaired) electrons. The number of nitrogens with one attached hydrogen (secondary N) is 1. The summed E-state index contributed by atoms with van der Waals surface area (Å²) < 4.78 is 37.4. The van der Waals surface area contributed by atoms with Crippen LogP contribution in [0.4, 0.5) is 23.7 Å². The van der Waals surface area contributed by atoms with Crippen molar-refractivity contribution in [2.45, 2.75) is 32.0 Å². The first-order valence-corrected chi connectivity index (χ1v) is 7.15. The zero-order chi connectivity index (χ0) is 16.3. The van der Waals surface area contributed by atoms with Crippen molar-refractivity contribution in [2.24, 2.45) is 5.92 Å². The third-order valence-corrected chi connectivity index (χ3v) is 3.88. The number of benzene rings is 1. The summed E-state index contributed by atoms with van der Waals surface area (Å²) in [6.45, 7) is 2.31. The van der Waals surface area contributed by atoms with Gasteiger partial charge >= 0.3 is 12.2 Å². The first-order chi connectivity index (χ1) is 10.3. The Morgan fingerprint density at radius 1 is 1.36 bits per heavy atom. The van der Waals surface area contributed by atoms with E-state index in [1.165, 1.54) is 4.90 Å². The molecular formula is C15H19F3N2O2. The average Bonchev–Trinajstić information content (AvgIpc) is 2.45. The number of carbonyl (C=O) groups is 1. The minimum atomic E-state index is -4.60. The molecule has 1 saturated heterocycles. The molecule has 2 rings (SSSR count). The topological polar surface area (TPSA) is 52.6 Å². The zero-order valence-electron chi connectivity index (χ0n) is 12.2. The van der Waals surface area contributed by atoms with Gasteiger partial charge in [-0.2, -0.15) is 13.2 Å². The molecule has 1 aromatic rings. The first-order valence-electron chi connectivity index (χ1n) is 7.15. The molecule has 7 heteroatoms. The van der Waals surface area contributed by atoms with E-state index in [0.717, 1.165) is 5.56 Å². The smallest absolute Gasteiger partial charge is 0.383 e. The summed E-state index contributed by atoms with van der Waals surface area (Å²) in [6, 6.07) is 6.96. The molecule has 0 spiro atoms.